The van der Waals surface area contributed by atoms with E-state index in [9.17, 15) is 8.42 Å². The highest BCUT2D eigenvalue weighted by Crippen LogP contribution is 2.31. The van der Waals surface area contributed by atoms with Crippen molar-refractivity contribution in [1.29, 1.82) is 0 Å². The summed E-state index contributed by atoms with van der Waals surface area (Å²) in [6, 6.07) is 5.24. The maximum Gasteiger partial charge on any atom is 0.242 e. The summed E-state index contributed by atoms with van der Waals surface area (Å²) >= 11 is 7.28. The maximum absolute atomic E-state index is 12.1. The van der Waals surface area contributed by atoms with Crippen molar-refractivity contribution in [2.75, 3.05) is 13.1 Å². The fourth-order valence-corrected chi connectivity index (χ4v) is 4.29. The minimum Gasteiger partial charge on any atom is -0.330 e. The summed E-state index contributed by atoms with van der Waals surface area (Å²) in [6.07, 6.45) is 0.613. The van der Waals surface area contributed by atoms with E-state index in [-0.39, 0.29) is 17.3 Å². The quantitative estimate of drug-likeness (QED) is 0.821. The lowest BCUT2D eigenvalue weighted by molar-refractivity contribution is 0.581. The van der Waals surface area contributed by atoms with Gasteiger partial charge in [-0.15, -0.1) is 23.7 Å². The molecule has 3 N–H and O–H groups in total. The fraction of sp³-hybridized carbons (Fsp3) is 0.273. The van der Waals surface area contributed by atoms with Crippen LogP contribution in [0.3, 0.4) is 0 Å². The Kier molecular flexibility index (Phi) is 6.04. The van der Waals surface area contributed by atoms with E-state index < -0.39 is 10.0 Å². The second-order valence-electron chi connectivity index (χ2n) is 3.78. The first-order valence-electron chi connectivity index (χ1n) is 5.41. The van der Waals surface area contributed by atoms with Crippen molar-refractivity contribution in [2.45, 2.75) is 11.3 Å². The number of rotatable bonds is 5. The number of sulfonamides is 1. The Morgan fingerprint density at radius 3 is 2.79 bits per heavy atom. The highest BCUT2D eigenvalue weighted by Gasteiger charge is 2.18. The molecule has 19 heavy (non-hydrogen) atoms. The molecule has 0 amide bonds. The lowest BCUT2D eigenvalue weighted by atomic mass is 10.3. The van der Waals surface area contributed by atoms with Gasteiger partial charge >= 0.3 is 0 Å². The molecule has 1 heterocycles. The molecule has 0 bridgehead atoms. The number of hydrogen-bond acceptors (Lipinski definition) is 4. The van der Waals surface area contributed by atoms with Crippen molar-refractivity contribution in [1.82, 2.24) is 4.72 Å². The van der Waals surface area contributed by atoms with E-state index in [1.54, 1.807) is 17.5 Å². The van der Waals surface area contributed by atoms with Crippen LogP contribution < -0.4 is 10.5 Å². The number of benzene rings is 1. The van der Waals surface area contributed by atoms with Gasteiger partial charge < -0.3 is 5.73 Å². The van der Waals surface area contributed by atoms with Crippen molar-refractivity contribution in [3.63, 3.8) is 0 Å². The highest BCUT2D eigenvalue weighted by atomic mass is 35.5. The number of halogens is 2. The Balaban J connectivity index is 0.00000180. The van der Waals surface area contributed by atoms with Crippen LogP contribution in [0.1, 0.15) is 6.42 Å². The van der Waals surface area contributed by atoms with E-state index in [1.165, 1.54) is 11.3 Å². The summed E-state index contributed by atoms with van der Waals surface area (Å²) < 4.78 is 27.6. The van der Waals surface area contributed by atoms with Crippen molar-refractivity contribution < 1.29 is 8.42 Å². The average Bonchev–Trinajstić information content (AvgIpc) is 2.72. The predicted molar refractivity (Wildman–Crippen MR) is 82.9 cm³/mol. The molecule has 4 nitrogen and oxygen atoms in total. The molecule has 0 radical (unpaired) electrons. The van der Waals surface area contributed by atoms with Gasteiger partial charge in [0.05, 0.1) is 0 Å². The van der Waals surface area contributed by atoms with Crippen LogP contribution in [0.15, 0.2) is 28.5 Å². The molecule has 106 valence electrons. The van der Waals surface area contributed by atoms with Crippen LogP contribution in [0.25, 0.3) is 10.1 Å². The van der Waals surface area contributed by atoms with E-state index in [0.29, 0.717) is 29.9 Å². The van der Waals surface area contributed by atoms with Crippen LogP contribution in [-0.4, -0.2) is 21.5 Å². The van der Waals surface area contributed by atoms with Gasteiger partial charge in [0.2, 0.25) is 10.0 Å². The van der Waals surface area contributed by atoms with Crippen LogP contribution >= 0.6 is 35.3 Å². The molecule has 2 aromatic rings. The first kappa shape index (κ1) is 16.7. The molecule has 1 aromatic heterocycles. The number of nitrogens with one attached hydrogen (secondary N) is 1. The van der Waals surface area contributed by atoms with Gasteiger partial charge in [-0.2, -0.15) is 0 Å². The van der Waals surface area contributed by atoms with E-state index >= 15 is 0 Å². The molecular weight excluding hydrogens is 327 g/mol. The predicted octanol–water partition coefficient (Wildman–Crippen LogP) is 2.60. The molecule has 0 atom stereocenters. The topological polar surface area (TPSA) is 72.2 Å². The standard InChI is InChI=1S/C11H13ClN2O2S2.ClH/c12-8-2-3-10-9(6-8)11(7-17-10)18(15,16)14-5-1-4-13;/h2-3,6-7,14H,1,4-5,13H2;1H. The van der Waals surface area contributed by atoms with E-state index in [4.69, 9.17) is 17.3 Å². The molecular formula is C11H14Cl2N2O2S2. The van der Waals surface area contributed by atoms with Crippen LogP contribution in [0.4, 0.5) is 0 Å². The Morgan fingerprint density at radius 1 is 1.37 bits per heavy atom. The van der Waals surface area contributed by atoms with Gasteiger partial charge in [0.1, 0.15) is 4.90 Å². The molecule has 0 aliphatic carbocycles. The Hall–Kier alpha value is -0.370. The molecule has 2 rings (SSSR count). The van der Waals surface area contributed by atoms with Crippen LogP contribution in [0, 0.1) is 0 Å². The van der Waals surface area contributed by atoms with E-state index in [2.05, 4.69) is 4.72 Å². The lowest BCUT2D eigenvalue weighted by Gasteiger charge is -2.05. The van der Waals surface area contributed by atoms with Crippen molar-refractivity contribution in [3.8, 4) is 0 Å². The second-order valence-corrected chi connectivity index (χ2v) is 6.86. The average molecular weight is 341 g/mol. The van der Waals surface area contributed by atoms with Gasteiger partial charge in [-0.25, -0.2) is 13.1 Å². The largest absolute Gasteiger partial charge is 0.330 e. The van der Waals surface area contributed by atoms with Crippen molar-refractivity contribution in [2.24, 2.45) is 5.73 Å². The van der Waals surface area contributed by atoms with Crippen molar-refractivity contribution in [3.05, 3.63) is 28.6 Å². The van der Waals surface area contributed by atoms with Gasteiger partial charge in [0.25, 0.3) is 0 Å². The third-order valence-corrected chi connectivity index (χ3v) is 5.31. The first-order valence-corrected chi connectivity index (χ1v) is 8.15. The van der Waals surface area contributed by atoms with Gasteiger partial charge in [-0.05, 0) is 31.2 Å². The smallest absolute Gasteiger partial charge is 0.242 e. The Morgan fingerprint density at radius 2 is 2.11 bits per heavy atom. The molecule has 0 aliphatic heterocycles. The Bertz CT molecular complexity index is 656. The van der Waals surface area contributed by atoms with Gasteiger partial charge in [-0.3, -0.25) is 0 Å². The van der Waals surface area contributed by atoms with E-state index in [1.807, 2.05) is 6.07 Å². The van der Waals surface area contributed by atoms with Crippen LogP contribution in [-0.2, 0) is 10.0 Å². The third-order valence-electron chi connectivity index (χ3n) is 2.46. The lowest BCUT2D eigenvalue weighted by Crippen LogP contribution is -2.26. The first-order chi connectivity index (χ1) is 8.54. The maximum atomic E-state index is 12.1. The molecule has 0 spiro atoms. The number of fused-ring (bicyclic) bond motifs is 1. The van der Waals surface area contributed by atoms with Gasteiger partial charge in [0.15, 0.2) is 0 Å². The molecule has 0 saturated heterocycles. The highest BCUT2D eigenvalue weighted by molar-refractivity contribution is 7.90. The summed E-state index contributed by atoms with van der Waals surface area (Å²) in [5.74, 6) is 0. The zero-order valence-electron chi connectivity index (χ0n) is 9.93. The zero-order valence-corrected chi connectivity index (χ0v) is 13.1. The minimum absolute atomic E-state index is 0. The SMILES string of the molecule is Cl.NCCCNS(=O)(=O)c1csc2ccc(Cl)cc12. The van der Waals surface area contributed by atoms with Gasteiger partial charge in [-0.1, -0.05) is 11.6 Å². The summed E-state index contributed by atoms with van der Waals surface area (Å²) in [6.45, 7) is 0.801. The molecule has 0 saturated carbocycles. The molecule has 8 heteroatoms. The van der Waals surface area contributed by atoms with Crippen molar-refractivity contribution >= 4 is 55.5 Å². The molecule has 1 aromatic carbocycles. The molecule has 0 fully saturated rings. The van der Waals surface area contributed by atoms with Gasteiger partial charge in [0, 0.05) is 27.0 Å². The second kappa shape index (κ2) is 6.88. The number of hydrogen-bond donors (Lipinski definition) is 2. The minimum atomic E-state index is -3.49. The van der Waals surface area contributed by atoms with Crippen LogP contribution in [0.2, 0.25) is 5.02 Å². The Labute approximate surface area is 127 Å². The third kappa shape index (κ3) is 3.81. The summed E-state index contributed by atoms with van der Waals surface area (Å²) in [5, 5.41) is 2.82. The summed E-state index contributed by atoms with van der Waals surface area (Å²) in [5.41, 5.74) is 5.34. The number of thiophene rings is 1. The monoisotopic (exact) mass is 340 g/mol. The van der Waals surface area contributed by atoms with Crippen LogP contribution in [0.5, 0.6) is 0 Å². The number of nitrogens with two attached hydrogens (primary N) is 1. The summed E-state index contributed by atoms with van der Waals surface area (Å²) in [7, 11) is -3.49. The molecule has 0 unspecified atom stereocenters. The normalized spacial score (nSPS) is 11.5. The van der Waals surface area contributed by atoms with E-state index in [0.717, 1.165) is 4.70 Å². The fourth-order valence-electron chi connectivity index (χ4n) is 1.57. The summed E-state index contributed by atoms with van der Waals surface area (Å²) in [4.78, 5) is 0.280. The zero-order chi connectivity index (χ0) is 13.2. The molecule has 0 aliphatic rings.